The molecule has 1 amide bonds. The van der Waals surface area contributed by atoms with Gasteiger partial charge in [-0.3, -0.25) is 9.48 Å². The summed E-state index contributed by atoms with van der Waals surface area (Å²) < 4.78 is 13.3. The lowest BCUT2D eigenvalue weighted by molar-refractivity contribution is 0.0919. The van der Waals surface area contributed by atoms with E-state index in [2.05, 4.69) is 36.4 Å². The molecule has 1 N–H and O–H groups in total. The molecule has 0 aliphatic rings. The average Bonchev–Trinajstić information content (AvgIpc) is 3.36. The molecule has 1 atom stereocenters. The molecule has 6 nitrogen and oxygen atoms in total. The van der Waals surface area contributed by atoms with Gasteiger partial charge in [-0.2, -0.15) is 5.10 Å². The van der Waals surface area contributed by atoms with Crippen molar-refractivity contribution in [2.24, 2.45) is 0 Å². The first-order valence-corrected chi connectivity index (χ1v) is 10.1. The minimum absolute atomic E-state index is 0.252. The standard InChI is InChI=1S/C23H29N3O3/c1-5-16(3)18-7-9-20(10-8-18)28-15-21-11-12-22(29-21)23(27)24-13-19-14-26(6-2)25-17(19)4/h7-12,14,16H,5-6,13,15H2,1-4H3,(H,24,27). The van der Waals surface area contributed by atoms with E-state index < -0.39 is 0 Å². The lowest BCUT2D eigenvalue weighted by Crippen LogP contribution is -2.22. The number of carbonyl (C=O) groups excluding carboxylic acids is 1. The minimum Gasteiger partial charge on any atom is -0.486 e. The van der Waals surface area contributed by atoms with Crippen LogP contribution in [0.3, 0.4) is 0 Å². The Morgan fingerprint density at radius 2 is 1.97 bits per heavy atom. The molecule has 0 spiro atoms. The van der Waals surface area contributed by atoms with Crippen LogP contribution in [0.15, 0.2) is 47.0 Å². The topological polar surface area (TPSA) is 69.3 Å². The van der Waals surface area contributed by atoms with E-state index in [-0.39, 0.29) is 18.3 Å². The maximum Gasteiger partial charge on any atom is 0.287 e. The second-order valence-electron chi connectivity index (χ2n) is 7.21. The summed E-state index contributed by atoms with van der Waals surface area (Å²) in [6, 6.07) is 11.6. The lowest BCUT2D eigenvalue weighted by Gasteiger charge is -2.10. The number of rotatable bonds is 9. The van der Waals surface area contributed by atoms with Crippen LogP contribution in [-0.2, 0) is 19.7 Å². The fourth-order valence-electron chi connectivity index (χ4n) is 3.02. The summed E-state index contributed by atoms with van der Waals surface area (Å²) in [5, 5.41) is 7.26. The Kier molecular flexibility index (Phi) is 6.75. The molecule has 0 saturated carbocycles. The Bertz CT molecular complexity index is 941. The monoisotopic (exact) mass is 395 g/mol. The Morgan fingerprint density at radius 1 is 1.21 bits per heavy atom. The van der Waals surface area contributed by atoms with Crippen molar-refractivity contribution in [1.82, 2.24) is 15.1 Å². The molecule has 1 unspecified atom stereocenters. The van der Waals surface area contributed by atoms with Gasteiger partial charge in [0.25, 0.3) is 5.91 Å². The van der Waals surface area contributed by atoms with Crippen LogP contribution >= 0.6 is 0 Å². The Hall–Kier alpha value is -3.02. The van der Waals surface area contributed by atoms with Gasteiger partial charge in [-0.1, -0.05) is 26.0 Å². The largest absolute Gasteiger partial charge is 0.486 e. The summed E-state index contributed by atoms with van der Waals surface area (Å²) in [6.45, 7) is 9.85. The van der Waals surface area contributed by atoms with Gasteiger partial charge >= 0.3 is 0 Å². The van der Waals surface area contributed by atoms with Gasteiger partial charge in [0.05, 0.1) is 5.69 Å². The number of aromatic nitrogens is 2. The average molecular weight is 396 g/mol. The quantitative estimate of drug-likeness (QED) is 0.564. The van der Waals surface area contributed by atoms with Gasteiger partial charge in [-0.05, 0) is 56.0 Å². The third-order valence-electron chi connectivity index (χ3n) is 5.14. The van der Waals surface area contributed by atoms with Crippen molar-refractivity contribution in [2.75, 3.05) is 0 Å². The third kappa shape index (κ3) is 5.28. The van der Waals surface area contributed by atoms with Crippen molar-refractivity contribution in [3.63, 3.8) is 0 Å². The summed E-state index contributed by atoms with van der Waals surface area (Å²) in [5.74, 6) is 1.95. The fourth-order valence-corrected chi connectivity index (χ4v) is 3.02. The van der Waals surface area contributed by atoms with Crippen LogP contribution in [0.4, 0.5) is 0 Å². The molecule has 6 heteroatoms. The van der Waals surface area contributed by atoms with Crippen molar-refractivity contribution in [2.45, 2.75) is 59.7 Å². The number of amides is 1. The number of hydrogen-bond acceptors (Lipinski definition) is 4. The zero-order chi connectivity index (χ0) is 20.8. The van der Waals surface area contributed by atoms with E-state index >= 15 is 0 Å². The molecule has 1 aromatic carbocycles. The Morgan fingerprint density at radius 3 is 2.62 bits per heavy atom. The third-order valence-corrected chi connectivity index (χ3v) is 5.14. The molecule has 154 valence electrons. The molecule has 0 fully saturated rings. The van der Waals surface area contributed by atoms with Gasteiger partial charge in [0.2, 0.25) is 0 Å². The molecule has 0 radical (unpaired) electrons. The highest BCUT2D eigenvalue weighted by Gasteiger charge is 2.13. The van der Waals surface area contributed by atoms with Gasteiger partial charge in [0.1, 0.15) is 18.1 Å². The molecule has 2 aromatic heterocycles. The van der Waals surface area contributed by atoms with Crippen LogP contribution < -0.4 is 10.1 Å². The summed E-state index contributed by atoms with van der Waals surface area (Å²) in [7, 11) is 0. The summed E-state index contributed by atoms with van der Waals surface area (Å²) in [6.07, 6.45) is 3.06. The first-order chi connectivity index (χ1) is 14.0. The second-order valence-corrected chi connectivity index (χ2v) is 7.21. The number of carbonyl (C=O) groups is 1. The van der Waals surface area contributed by atoms with E-state index in [0.29, 0.717) is 18.2 Å². The molecular weight excluding hydrogens is 366 g/mol. The first kappa shape index (κ1) is 20.7. The molecule has 2 heterocycles. The van der Waals surface area contributed by atoms with Crippen LogP contribution in [0.5, 0.6) is 5.75 Å². The number of furan rings is 1. The smallest absolute Gasteiger partial charge is 0.287 e. The number of ether oxygens (including phenoxy) is 1. The van der Waals surface area contributed by atoms with Crippen molar-refractivity contribution in [3.05, 3.63) is 70.9 Å². The van der Waals surface area contributed by atoms with Crippen molar-refractivity contribution < 1.29 is 13.9 Å². The highest BCUT2D eigenvalue weighted by atomic mass is 16.5. The van der Waals surface area contributed by atoms with E-state index in [1.54, 1.807) is 12.1 Å². The first-order valence-electron chi connectivity index (χ1n) is 10.1. The maximum absolute atomic E-state index is 12.4. The van der Waals surface area contributed by atoms with Gasteiger partial charge < -0.3 is 14.5 Å². The fraction of sp³-hybridized carbons (Fsp3) is 0.391. The number of nitrogens with one attached hydrogen (secondary N) is 1. The molecule has 29 heavy (non-hydrogen) atoms. The lowest BCUT2D eigenvalue weighted by atomic mass is 9.99. The second kappa shape index (κ2) is 9.45. The van der Waals surface area contributed by atoms with Gasteiger partial charge in [-0.25, -0.2) is 0 Å². The molecule has 0 aliphatic heterocycles. The van der Waals surface area contributed by atoms with E-state index in [0.717, 1.165) is 30.0 Å². The van der Waals surface area contributed by atoms with Gasteiger partial charge in [0, 0.05) is 24.8 Å². The summed E-state index contributed by atoms with van der Waals surface area (Å²) in [5.41, 5.74) is 3.22. The number of benzene rings is 1. The van der Waals surface area contributed by atoms with Crippen molar-refractivity contribution >= 4 is 5.91 Å². The number of aryl methyl sites for hydroxylation is 2. The molecule has 0 aliphatic carbocycles. The zero-order valence-corrected chi connectivity index (χ0v) is 17.6. The predicted molar refractivity (Wildman–Crippen MR) is 112 cm³/mol. The number of hydrogen-bond donors (Lipinski definition) is 1. The molecule has 3 rings (SSSR count). The molecule has 3 aromatic rings. The van der Waals surface area contributed by atoms with Crippen molar-refractivity contribution in [1.29, 1.82) is 0 Å². The van der Waals surface area contributed by atoms with Crippen LogP contribution in [-0.4, -0.2) is 15.7 Å². The summed E-state index contributed by atoms with van der Waals surface area (Å²) >= 11 is 0. The van der Waals surface area contributed by atoms with E-state index in [1.165, 1.54) is 5.56 Å². The van der Waals surface area contributed by atoms with E-state index in [9.17, 15) is 4.79 Å². The van der Waals surface area contributed by atoms with Crippen molar-refractivity contribution in [3.8, 4) is 5.75 Å². The zero-order valence-electron chi connectivity index (χ0n) is 17.6. The highest BCUT2D eigenvalue weighted by Crippen LogP contribution is 2.22. The normalized spacial score (nSPS) is 12.0. The highest BCUT2D eigenvalue weighted by molar-refractivity contribution is 5.91. The Labute approximate surface area is 171 Å². The van der Waals surface area contributed by atoms with Gasteiger partial charge in [0.15, 0.2) is 5.76 Å². The van der Waals surface area contributed by atoms with Gasteiger partial charge in [-0.15, -0.1) is 0 Å². The van der Waals surface area contributed by atoms with Crippen LogP contribution in [0, 0.1) is 6.92 Å². The van der Waals surface area contributed by atoms with Crippen LogP contribution in [0.25, 0.3) is 0 Å². The minimum atomic E-state index is -0.252. The maximum atomic E-state index is 12.4. The summed E-state index contributed by atoms with van der Waals surface area (Å²) in [4.78, 5) is 12.4. The van der Waals surface area contributed by atoms with Crippen LogP contribution in [0.1, 0.15) is 66.2 Å². The molecular formula is C23H29N3O3. The van der Waals surface area contributed by atoms with Crippen LogP contribution in [0.2, 0.25) is 0 Å². The Balaban J connectivity index is 1.52. The molecule has 0 saturated heterocycles. The van der Waals surface area contributed by atoms with E-state index in [4.69, 9.17) is 9.15 Å². The SMILES string of the molecule is CCC(C)c1ccc(OCc2ccc(C(=O)NCc3cn(CC)nc3C)o2)cc1. The predicted octanol–water partition coefficient (Wildman–Crippen LogP) is 4.83. The number of nitrogens with zero attached hydrogens (tertiary/aromatic N) is 2. The van der Waals surface area contributed by atoms with E-state index in [1.807, 2.05) is 36.9 Å². The molecule has 0 bridgehead atoms.